The second-order valence-electron chi connectivity index (χ2n) is 7.84. The fraction of sp³-hybridized carbons (Fsp3) is 0.217. The predicted octanol–water partition coefficient (Wildman–Crippen LogP) is 2.49. The number of hydrogen-bond donors (Lipinski definition) is 3. The molecule has 1 aliphatic heterocycles. The fourth-order valence-electron chi connectivity index (χ4n) is 4.06. The number of halogens is 2. The van der Waals surface area contributed by atoms with Crippen LogP contribution >= 0.6 is 0 Å². The molecule has 3 heterocycles. The standard InChI is InChI=1S/C23H21F2N7O/c24-14-3-1-2-13(8-14)11-28-22-16-4-6-27-7-5-19(16)30-23(31-22)32-20-10-15(25)9-17(21(26)33)18(20)12-29-32/h1-3,8-10,12,27H,4-7,11H2,(H2,26,33)(H,28,30,31). The number of benzene rings is 2. The number of primary amides is 1. The van der Waals surface area contributed by atoms with Gasteiger partial charge in [-0.05, 0) is 36.7 Å². The molecule has 33 heavy (non-hydrogen) atoms. The van der Waals surface area contributed by atoms with E-state index in [1.807, 2.05) is 6.07 Å². The predicted molar refractivity (Wildman–Crippen MR) is 119 cm³/mol. The van der Waals surface area contributed by atoms with Crippen molar-refractivity contribution in [3.8, 4) is 5.95 Å². The van der Waals surface area contributed by atoms with Gasteiger partial charge in [-0.1, -0.05) is 12.1 Å². The molecular weight excluding hydrogens is 428 g/mol. The Labute approximate surface area is 187 Å². The van der Waals surface area contributed by atoms with E-state index >= 15 is 0 Å². The molecule has 8 nitrogen and oxygen atoms in total. The first kappa shape index (κ1) is 21.0. The summed E-state index contributed by atoms with van der Waals surface area (Å²) in [6, 6.07) is 8.70. The lowest BCUT2D eigenvalue weighted by molar-refractivity contribution is 0.100. The molecule has 4 N–H and O–H groups in total. The molecule has 0 saturated carbocycles. The maximum Gasteiger partial charge on any atom is 0.253 e. The van der Waals surface area contributed by atoms with Crippen molar-refractivity contribution in [2.45, 2.75) is 19.4 Å². The zero-order valence-corrected chi connectivity index (χ0v) is 17.6. The summed E-state index contributed by atoms with van der Waals surface area (Å²) in [6.07, 6.45) is 2.85. The van der Waals surface area contributed by atoms with Gasteiger partial charge in [0.05, 0.1) is 23.0 Å². The number of anilines is 1. The zero-order valence-electron chi connectivity index (χ0n) is 17.6. The van der Waals surface area contributed by atoms with Crippen LogP contribution in [0.4, 0.5) is 14.6 Å². The third kappa shape index (κ3) is 4.12. The lowest BCUT2D eigenvalue weighted by Gasteiger charge is -2.15. The zero-order chi connectivity index (χ0) is 22.9. The van der Waals surface area contributed by atoms with Crippen molar-refractivity contribution in [1.29, 1.82) is 0 Å². The van der Waals surface area contributed by atoms with Crippen molar-refractivity contribution in [2.24, 2.45) is 5.73 Å². The molecule has 0 spiro atoms. The SMILES string of the molecule is NC(=O)c1cc(F)cc2c1cnn2-c1nc2c(c(NCc3cccc(F)c3)n1)CCNCC2. The number of rotatable bonds is 5. The summed E-state index contributed by atoms with van der Waals surface area (Å²) in [5.41, 5.74) is 8.39. The van der Waals surface area contributed by atoms with Gasteiger partial charge < -0.3 is 16.4 Å². The van der Waals surface area contributed by atoms with Crippen LogP contribution < -0.4 is 16.4 Å². The van der Waals surface area contributed by atoms with E-state index in [-0.39, 0.29) is 17.3 Å². The number of nitrogens with zero attached hydrogens (tertiary/aromatic N) is 4. The van der Waals surface area contributed by atoms with Crippen molar-refractivity contribution >= 4 is 22.6 Å². The van der Waals surface area contributed by atoms with Crippen LogP contribution in [0.1, 0.15) is 27.2 Å². The van der Waals surface area contributed by atoms with E-state index in [0.29, 0.717) is 29.7 Å². The van der Waals surface area contributed by atoms with Crippen LogP contribution in [0.3, 0.4) is 0 Å². The third-order valence-corrected chi connectivity index (χ3v) is 5.63. The van der Waals surface area contributed by atoms with Gasteiger partial charge in [0.15, 0.2) is 0 Å². The maximum atomic E-state index is 14.2. The normalized spacial score (nSPS) is 13.5. The fourth-order valence-corrected chi connectivity index (χ4v) is 4.06. The molecule has 2 aromatic carbocycles. The van der Waals surface area contributed by atoms with Crippen molar-refractivity contribution in [3.63, 3.8) is 0 Å². The van der Waals surface area contributed by atoms with Crippen LogP contribution in [0, 0.1) is 11.6 Å². The van der Waals surface area contributed by atoms with E-state index in [9.17, 15) is 13.6 Å². The molecule has 0 unspecified atom stereocenters. The van der Waals surface area contributed by atoms with Gasteiger partial charge in [-0.3, -0.25) is 4.79 Å². The highest BCUT2D eigenvalue weighted by Crippen LogP contribution is 2.26. The summed E-state index contributed by atoms with van der Waals surface area (Å²) in [7, 11) is 0. The molecule has 5 rings (SSSR count). The molecule has 0 saturated heterocycles. The molecule has 1 aliphatic rings. The summed E-state index contributed by atoms with van der Waals surface area (Å²) in [4.78, 5) is 21.2. The Balaban J connectivity index is 1.60. The Morgan fingerprint density at radius 2 is 1.97 bits per heavy atom. The minimum absolute atomic E-state index is 0.0414. The Bertz CT molecular complexity index is 1370. The number of nitrogens with one attached hydrogen (secondary N) is 2. The Morgan fingerprint density at radius 1 is 1.12 bits per heavy atom. The summed E-state index contributed by atoms with van der Waals surface area (Å²) < 4.78 is 29.2. The number of fused-ring (bicyclic) bond motifs is 2. The molecule has 0 radical (unpaired) electrons. The highest BCUT2D eigenvalue weighted by atomic mass is 19.1. The molecule has 4 aromatic rings. The second-order valence-corrected chi connectivity index (χ2v) is 7.84. The van der Waals surface area contributed by atoms with Crippen molar-refractivity contribution in [3.05, 3.63) is 76.6 Å². The molecule has 0 bridgehead atoms. The summed E-state index contributed by atoms with van der Waals surface area (Å²) in [6.45, 7) is 1.91. The quantitative estimate of drug-likeness (QED) is 0.432. The molecule has 1 amide bonds. The van der Waals surface area contributed by atoms with Crippen LogP contribution in [-0.4, -0.2) is 38.7 Å². The molecule has 0 aliphatic carbocycles. The first-order valence-corrected chi connectivity index (χ1v) is 10.6. The van der Waals surface area contributed by atoms with Gasteiger partial charge in [-0.2, -0.15) is 14.8 Å². The summed E-state index contributed by atoms with van der Waals surface area (Å²) in [5, 5.41) is 11.4. The van der Waals surface area contributed by atoms with Gasteiger partial charge in [0, 0.05) is 36.5 Å². The maximum absolute atomic E-state index is 14.2. The lowest BCUT2D eigenvalue weighted by atomic mass is 10.1. The smallest absolute Gasteiger partial charge is 0.253 e. The summed E-state index contributed by atoms with van der Waals surface area (Å²) in [5.74, 6) is -0.811. The third-order valence-electron chi connectivity index (χ3n) is 5.63. The van der Waals surface area contributed by atoms with Gasteiger partial charge in [0.2, 0.25) is 5.91 Å². The first-order chi connectivity index (χ1) is 16.0. The highest BCUT2D eigenvalue weighted by molar-refractivity contribution is 6.05. The minimum Gasteiger partial charge on any atom is -0.366 e. The number of carbonyl (C=O) groups excluding carboxylic acids is 1. The first-order valence-electron chi connectivity index (χ1n) is 10.6. The van der Waals surface area contributed by atoms with Gasteiger partial charge in [-0.25, -0.2) is 13.8 Å². The summed E-state index contributed by atoms with van der Waals surface area (Å²) >= 11 is 0. The van der Waals surface area contributed by atoms with Crippen LogP contribution in [0.2, 0.25) is 0 Å². The molecule has 0 atom stereocenters. The topological polar surface area (TPSA) is 111 Å². The Morgan fingerprint density at radius 3 is 2.79 bits per heavy atom. The Kier molecular flexibility index (Phi) is 5.43. The van der Waals surface area contributed by atoms with E-state index in [2.05, 4.69) is 20.7 Å². The van der Waals surface area contributed by atoms with E-state index in [4.69, 9.17) is 10.7 Å². The largest absolute Gasteiger partial charge is 0.366 e. The molecule has 10 heteroatoms. The lowest BCUT2D eigenvalue weighted by Crippen LogP contribution is -2.16. The Hall–Kier alpha value is -3.92. The van der Waals surface area contributed by atoms with Crippen molar-refractivity contribution < 1.29 is 13.6 Å². The van der Waals surface area contributed by atoms with E-state index in [1.54, 1.807) is 6.07 Å². The van der Waals surface area contributed by atoms with Crippen LogP contribution in [0.15, 0.2) is 42.6 Å². The molecule has 2 aromatic heterocycles. The van der Waals surface area contributed by atoms with Gasteiger partial charge in [-0.15, -0.1) is 0 Å². The second kappa shape index (κ2) is 8.55. The van der Waals surface area contributed by atoms with Gasteiger partial charge >= 0.3 is 0 Å². The van der Waals surface area contributed by atoms with Crippen LogP contribution in [0.25, 0.3) is 16.9 Å². The van der Waals surface area contributed by atoms with Crippen molar-refractivity contribution in [2.75, 3.05) is 18.4 Å². The molecule has 168 valence electrons. The number of amides is 1. The van der Waals surface area contributed by atoms with Crippen LogP contribution in [0.5, 0.6) is 0 Å². The monoisotopic (exact) mass is 449 g/mol. The molecule has 0 fully saturated rings. The van der Waals surface area contributed by atoms with Gasteiger partial charge in [0.25, 0.3) is 5.95 Å². The minimum atomic E-state index is -0.745. The number of aromatic nitrogens is 4. The van der Waals surface area contributed by atoms with Crippen LogP contribution in [-0.2, 0) is 19.4 Å². The molecular formula is C23H21F2N7O. The average Bonchev–Trinajstić information content (AvgIpc) is 3.06. The highest BCUT2D eigenvalue weighted by Gasteiger charge is 2.20. The van der Waals surface area contributed by atoms with Crippen molar-refractivity contribution in [1.82, 2.24) is 25.1 Å². The number of hydrogen-bond acceptors (Lipinski definition) is 6. The van der Waals surface area contributed by atoms with E-state index < -0.39 is 11.7 Å². The number of carbonyl (C=O) groups is 1. The number of nitrogens with two attached hydrogens (primary N) is 1. The van der Waals surface area contributed by atoms with E-state index in [1.165, 1.54) is 29.1 Å². The van der Waals surface area contributed by atoms with E-state index in [0.717, 1.165) is 42.4 Å². The average molecular weight is 449 g/mol. The van der Waals surface area contributed by atoms with Gasteiger partial charge in [0.1, 0.15) is 17.5 Å².